The lowest BCUT2D eigenvalue weighted by Gasteiger charge is -2.25. The Morgan fingerprint density at radius 2 is 1.92 bits per heavy atom. The number of carbonyl (C=O) groups excluding carboxylic acids is 2. The summed E-state index contributed by atoms with van der Waals surface area (Å²) in [5.41, 5.74) is 4.16. The minimum atomic E-state index is -0.378. The highest BCUT2D eigenvalue weighted by molar-refractivity contribution is 5.90. The van der Waals surface area contributed by atoms with E-state index in [1.54, 1.807) is 22.8 Å². The van der Waals surface area contributed by atoms with E-state index in [1.807, 2.05) is 45.2 Å². The van der Waals surface area contributed by atoms with Gasteiger partial charge in [-0.15, -0.1) is 0 Å². The van der Waals surface area contributed by atoms with Gasteiger partial charge in [0.05, 0.1) is 18.2 Å². The number of aromatic nitrogens is 2. The van der Waals surface area contributed by atoms with Gasteiger partial charge in [-0.1, -0.05) is 29.8 Å². The van der Waals surface area contributed by atoms with Crippen molar-refractivity contribution in [1.29, 1.82) is 0 Å². The molecule has 1 aliphatic rings. The number of aryl methyl sites for hydroxylation is 2. The van der Waals surface area contributed by atoms with Crippen molar-refractivity contribution in [2.75, 3.05) is 7.05 Å². The molecule has 25 heavy (non-hydrogen) atoms. The van der Waals surface area contributed by atoms with E-state index in [-0.39, 0.29) is 30.2 Å². The van der Waals surface area contributed by atoms with Crippen LogP contribution in [-0.4, -0.2) is 33.5 Å². The molecule has 1 aromatic carbocycles. The van der Waals surface area contributed by atoms with Crippen LogP contribution in [0.25, 0.3) is 0 Å². The van der Waals surface area contributed by atoms with Crippen LogP contribution in [0, 0.1) is 19.8 Å². The number of hydrogen-bond acceptors (Lipinski definition) is 3. The Morgan fingerprint density at radius 1 is 1.24 bits per heavy atom. The lowest BCUT2D eigenvalue weighted by molar-refractivity contribution is -0.128. The SMILES string of the molecule is Cc1ccc([C@@H]2[C@@H](C(=O)NCc3cnn(C)c3C)CC(=O)N2C)cc1. The van der Waals surface area contributed by atoms with Crippen molar-refractivity contribution in [3.05, 3.63) is 52.8 Å². The maximum absolute atomic E-state index is 12.8. The maximum Gasteiger partial charge on any atom is 0.226 e. The molecule has 6 heteroatoms. The van der Waals surface area contributed by atoms with Gasteiger partial charge >= 0.3 is 0 Å². The number of likely N-dealkylation sites (tertiary alicyclic amines) is 1. The summed E-state index contributed by atoms with van der Waals surface area (Å²) in [6.07, 6.45) is 2.01. The first-order valence-electron chi connectivity index (χ1n) is 8.46. The third kappa shape index (κ3) is 3.29. The van der Waals surface area contributed by atoms with Crippen LogP contribution in [0.3, 0.4) is 0 Å². The number of nitrogens with zero attached hydrogens (tertiary/aromatic N) is 3. The quantitative estimate of drug-likeness (QED) is 0.924. The maximum atomic E-state index is 12.8. The average molecular weight is 340 g/mol. The van der Waals surface area contributed by atoms with Gasteiger partial charge in [-0.05, 0) is 19.4 Å². The van der Waals surface area contributed by atoms with E-state index >= 15 is 0 Å². The van der Waals surface area contributed by atoms with Crippen molar-refractivity contribution >= 4 is 11.8 Å². The number of benzene rings is 1. The minimum Gasteiger partial charge on any atom is -0.352 e. The largest absolute Gasteiger partial charge is 0.352 e. The Morgan fingerprint density at radius 3 is 2.52 bits per heavy atom. The van der Waals surface area contributed by atoms with E-state index in [1.165, 1.54) is 0 Å². The summed E-state index contributed by atoms with van der Waals surface area (Å²) in [5.74, 6) is -0.466. The zero-order chi connectivity index (χ0) is 18.1. The molecule has 0 spiro atoms. The molecular formula is C19H24N4O2. The summed E-state index contributed by atoms with van der Waals surface area (Å²) in [6.45, 7) is 4.41. The smallest absolute Gasteiger partial charge is 0.226 e. The van der Waals surface area contributed by atoms with Crippen LogP contribution in [-0.2, 0) is 23.2 Å². The molecule has 0 bridgehead atoms. The Labute approximate surface area is 147 Å². The molecule has 2 atom stereocenters. The summed E-state index contributed by atoms with van der Waals surface area (Å²) in [5, 5.41) is 7.17. The third-order valence-electron chi connectivity index (χ3n) is 5.13. The number of amides is 2. The molecule has 132 valence electrons. The van der Waals surface area contributed by atoms with Crippen LogP contribution in [0.4, 0.5) is 0 Å². The first-order chi connectivity index (χ1) is 11.9. The highest BCUT2D eigenvalue weighted by Crippen LogP contribution is 2.37. The summed E-state index contributed by atoms with van der Waals surface area (Å²) in [6, 6.07) is 7.81. The lowest BCUT2D eigenvalue weighted by atomic mass is 9.92. The minimum absolute atomic E-state index is 0.00304. The van der Waals surface area contributed by atoms with Gasteiger partial charge in [-0.2, -0.15) is 5.10 Å². The number of nitrogens with one attached hydrogen (secondary N) is 1. The Hall–Kier alpha value is -2.63. The van der Waals surface area contributed by atoms with E-state index in [0.717, 1.165) is 22.4 Å². The summed E-state index contributed by atoms with van der Waals surface area (Å²) < 4.78 is 1.78. The number of hydrogen-bond donors (Lipinski definition) is 1. The fourth-order valence-electron chi connectivity index (χ4n) is 3.36. The van der Waals surface area contributed by atoms with Gasteiger partial charge in [0, 0.05) is 38.3 Å². The standard InChI is InChI=1S/C19H24N4O2/c1-12-5-7-14(8-6-12)18-16(9-17(24)22(18)3)19(25)20-10-15-11-21-23(4)13(15)2/h5-8,11,16,18H,9-10H2,1-4H3,(H,20,25)/t16-,18+/m0/s1. The Balaban J connectivity index is 1.76. The topological polar surface area (TPSA) is 67.2 Å². The van der Waals surface area contributed by atoms with Crippen LogP contribution in [0.15, 0.2) is 30.5 Å². The van der Waals surface area contributed by atoms with Gasteiger partial charge in [-0.3, -0.25) is 14.3 Å². The van der Waals surface area contributed by atoms with E-state index < -0.39 is 0 Å². The predicted molar refractivity (Wildman–Crippen MR) is 94.6 cm³/mol. The van der Waals surface area contributed by atoms with E-state index in [4.69, 9.17) is 0 Å². The second-order valence-electron chi connectivity index (χ2n) is 6.77. The van der Waals surface area contributed by atoms with Crippen molar-refractivity contribution in [2.45, 2.75) is 32.9 Å². The molecule has 0 saturated carbocycles. The zero-order valence-corrected chi connectivity index (χ0v) is 15.1. The fraction of sp³-hybridized carbons (Fsp3) is 0.421. The first kappa shape index (κ1) is 17.2. The molecule has 2 heterocycles. The van der Waals surface area contributed by atoms with Crippen molar-refractivity contribution < 1.29 is 9.59 Å². The lowest BCUT2D eigenvalue weighted by Crippen LogP contribution is -2.34. The molecule has 0 radical (unpaired) electrons. The van der Waals surface area contributed by atoms with Gasteiger partial charge in [0.25, 0.3) is 0 Å². The van der Waals surface area contributed by atoms with E-state index in [0.29, 0.717) is 6.54 Å². The van der Waals surface area contributed by atoms with Crippen LogP contribution >= 0.6 is 0 Å². The molecule has 6 nitrogen and oxygen atoms in total. The highest BCUT2D eigenvalue weighted by atomic mass is 16.2. The van der Waals surface area contributed by atoms with Gasteiger partial charge in [-0.25, -0.2) is 0 Å². The van der Waals surface area contributed by atoms with E-state index in [2.05, 4.69) is 10.4 Å². The van der Waals surface area contributed by atoms with Crippen LogP contribution in [0.1, 0.15) is 34.8 Å². The van der Waals surface area contributed by atoms with Crippen LogP contribution in [0.5, 0.6) is 0 Å². The molecule has 2 amide bonds. The molecule has 2 aromatic rings. The molecule has 0 unspecified atom stereocenters. The molecule has 1 N–H and O–H groups in total. The third-order valence-corrected chi connectivity index (χ3v) is 5.13. The molecular weight excluding hydrogens is 316 g/mol. The molecule has 3 rings (SSSR count). The van der Waals surface area contributed by atoms with Gasteiger partial charge in [0.15, 0.2) is 0 Å². The van der Waals surface area contributed by atoms with Gasteiger partial charge in [0.2, 0.25) is 11.8 Å². The van der Waals surface area contributed by atoms with Crippen molar-refractivity contribution in [3.8, 4) is 0 Å². The number of rotatable bonds is 4. The van der Waals surface area contributed by atoms with Crippen molar-refractivity contribution in [2.24, 2.45) is 13.0 Å². The first-order valence-corrected chi connectivity index (χ1v) is 8.46. The average Bonchev–Trinajstić information content (AvgIpc) is 3.07. The van der Waals surface area contributed by atoms with Crippen LogP contribution in [0.2, 0.25) is 0 Å². The van der Waals surface area contributed by atoms with Crippen molar-refractivity contribution in [3.63, 3.8) is 0 Å². The normalized spacial score (nSPS) is 20.2. The fourth-order valence-corrected chi connectivity index (χ4v) is 3.36. The second kappa shape index (κ2) is 6.70. The Bertz CT molecular complexity index is 794. The van der Waals surface area contributed by atoms with Crippen molar-refractivity contribution in [1.82, 2.24) is 20.0 Å². The summed E-state index contributed by atoms with van der Waals surface area (Å²) in [7, 11) is 3.64. The Kier molecular flexibility index (Phi) is 4.61. The van der Waals surface area contributed by atoms with E-state index in [9.17, 15) is 9.59 Å². The second-order valence-corrected chi connectivity index (χ2v) is 6.77. The zero-order valence-electron chi connectivity index (χ0n) is 15.1. The van der Waals surface area contributed by atoms with Gasteiger partial charge < -0.3 is 10.2 Å². The molecule has 1 aromatic heterocycles. The summed E-state index contributed by atoms with van der Waals surface area (Å²) in [4.78, 5) is 26.6. The predicted octanol–water partition coefficient (Wildman–Crippen LogP) is 1.87. The number of carbonyl (C=O) groups is 2. The molecule has 1 aliphatic heterocycles. The summed E-state index contributed by atoms with van der Waals surface area (Å²) >= 11 is 0. The molecule has 1 fully saturated rings. The molecule has 1 saturated heterocycles. The van der Waals surface area contributed by atoms with Gasteiger partial charge in [0.1, 0.15) is 0 Å². The molecule has 0 aliphatic carbocycles. The monoisotopic (exact) mass is 340 g/mol. The van der Waals surface area contributed by atoms with Crippen LogP contribution < -0.4 is 5.32 Å². The highest BCUT2D eigenvalue weighted by Gasteiger charge is 2.42.